The Bertz CT molecular complexity index is 432. The van der Waals surface area contributed by atoms with Crippen LogP contribution < -0.4 is 5.32 Å². The third kappa shape index (κ3) is 5.22. The molecule has 6 nitrogen and oxygen atoms in total. The van der Waals surface area contributed by atoms with Crippen LogP contribution in [0, 0.1) is 5.92 Å². The van der Waals surface area contributed by atoms with Crippen LogP contribution in [0.3, 0.4) is 0 Å². The molecule has 0 aromatic carbocycles. The van der Waals surface area contributed by atoms with Crippen molar-refractivity contribution < 1.29 is 19.1 Å². The third-order valence-electron chi connectivity index (χ3n) is 4.78. The van der Waals surface area contributed by atoms with Gasteiger partial charge < -0.3 is 15.0 Å². The molecule has 1 unspecified atom stereocenters. The van der Waals surface area contributed by atoms with Gasteiger partial charge in [0, 0.05) is 13.0 Å². The summed E-state index contributed by atoms with van der Waals surface area (Å²) in [6.45, 7) is 2.53. The number of hydrogen-bond acceptors (Lipinski definition) is 4. The molecule has 1 aliphatic heterocycles. The maximum absolute atomic E-state index is 12.5. The first-order valence-corrected chi connectivity index (χ1v) is 8.84. The van der Waals surface area contributed by atoms with E-state index in [4.69, 9.17) is 4.74 Å². The molecule has 1 saturated heterocycles. The highest BCUT2D eigenvalue weighted by molar-refractivity contribution is 5.90. The summed E-state index contributed by atoms with van der Waals surface area (Å²) in [5.74, 6) is -0.128. The summed E-state index contributed by atoms with van der Waals surface area (Å²) >= 11 is 0. The first kappa shape index (κ1) is 17.8. The van der Waals surface area contributed by atoms with Crippen LogP contribution in [0.1, 0.15) is 58.3 Å². The molecule has 6 heteroatoms. The lowest BCUT2D eigenvalue weighted by Crippen LogP contribution is -2.47. The van der Waals surface area contributed by atoms with Gasteiger partial charge in [-0.1, -0.05) is 19.3 Å². The smallest absolute Gasteiger partial charge is 0.325 e. The molecule has 0 spiro atoms. The summed E-state index contributed by atoms with van der Waals surface area (Å²) in [5.41, 5.74) is 0. The lowest BCUT2D eigenvalue weighted by molar-refractivity contribution is -0.144. The van der Waals surface area contributed by atoms with Crippen molar-refractivity contribution in [3.8, 4) is 0 Å². The van der Waals surface area contributed by atoms with E-state index in [9.17, 15) is 14.4 Å². The average molecular weight is 324 g/mol. The highest BCUT2D eigenvalue weighted by atomic mass is 16.5. The van der Waals surface area contributed by atoms with Crippen LogP contribution in [0.5, 0.6) is 0 Å². The van der Waals surface area contributed by atoms with Crippen LogP contribution in [0.15, 0.2) is 0 Å². The molecule has 0 bridgehead atoms. The molecule has 2 aliphatic rings. The summed E-state index contributed by atoms with van der Waals surface area (Å²) in [4.78, 5) is 37.8. The Morgan fingerprint density at radius 2 is 1.83 bits per heavy atom. The van der Waals surface area contributed by atoms with E-state index in [0.717, 1.165) is 19.3 Å². The largest absolute Gasteiger partial charge is 0.465 e. The highest BCUT2D eigenvalue weighted by Gasteiger charge is 2.34. The van der Waals surface area contributed by atoms with E-state index in [-0.39, 0.29) is 18.4 Å². The van der Waals surface area contributed by atoms with E-state index in [2.05, 4.69) is 5.32 Å². The van der Waals surface area contributed by atoms with Crippen molar-refractivity contribution >= 4 is 17.8 Å². The number of nitrogens with zero attached hydrogens (tertiary/aromatic N) is 1. The number of esters is 1. The summed E-state index contributed by atoms with van der Waals surface area (Å²) in [5, 5.41) is 2.59. The zero-order chi connectivity index (χ0) is 16.7. The number of ether oxygens (including phenoxy) is 1. The first-order valence-electron chi connectivity index (χ1n) is 8.84. The maximum atomic E-state index is 12.5. The summed E-state index contributed by atoms with van der Waals surface area (Å²) in [7, 11) is 0. The van der Waals surface area contributed by atoms with E-state index in [1.807, 2.05) is 0 Å². The Morgan fingerprint density at radius 3 is 2.52 bits per heavy atom. The normalized spacial score (nSPS) is 22.0. The second-order valence-corrected chi connectivity index (χ2v) is 6.48. The molecule has 0 aromatic heterocycles. The Kier molecular flexibility index (Phi) is 6.86. The van der Waals surface area contributed by atoms with Crippen molar-refractivity contribution in [1.82, 2.24) is 10.2 Å². The number of rotatable bonds is 6. The van der Waals surface area contributed by atoms with Gasteiger partial charge in [-0.15, -0.1) is 0 Å². The van der Waals surface area contributed by atoms with Gasteiger partial charge >= 0.3 is 5.97 Å². The van der Waals surface area contributed by atoms with Crippen molar-refractivity contribution in [2.75, 3.05) is 19.7 Å². The van der Waals surface area contributed by atoms with Crippen molar-refractivity contribution in [3.63, 3.8) is 0 Å². The van der Waals surface area contributed by atoms with Crippen LogP contribution in [-0.2, 0) is 19.1 Å². The fourth-order valence-corrected chi connectivity index (χ4v) is 3.58. The van der Waals surface area contributed by atoms with Crippen molar-refractivity contribution in [2.24, 2.45) is 5.92 Å². The number of likely N-dealkylation sites (tertiary alicyclic amines) is 1. The molecule has 1 N–H and O–H groups in total. The molecule has 1 aliphatic carbocycles. The van der Waals surface area contributed by atoms with Crippen molar-refractivity contribution in [2.45, 2.75) is 64.3 Å². The molecule has 2 fully saturated rings. The molecular weight excluding hydrogens is 296 g/mol. The van der Waals surface area contributed by atoms with Crippen LogP contribution in [-0.4, -0.2) is 48.4 Å². The van der Waals surface area contributed by atoms with E-state index in [1.165, 1.54) is 19.3 Å². The number of carbonyl (C=O) groups is 3. The summed E-state index contributed by atoms with van der Waals surface area (Å²) in [6, 6.07) is -0.430. The Labute approximate surface area is 137 Å². The fraction of sp³-hybridized carbons (Fsp3) is 0.824. The number of carbonyl (C=O) groups excluding carboxylic acids is 3. The topological polar surface area (TPSA) is 75.7 Å². The summed E-state index contributed by atoms with van der Waals surface area (Å²) in [6.07, 6.45) is 8.01. The zero-order valence-corrected chi connectivity index (χ0v) is 14.0. The van der Waals surface area contributed by atoms with Crippen LogP contribution in [0.25, 0.3) is 0 Å². The Hall–Kier alpha value is -1.59. The van der Waals surface area contributed by atoms with Gasteiger partial charge in [-0.3, -0.25) is 14.4 Å². The van der Waals surface area contributed by atoms with Gasteiger partial charge in [-0.05, 0) is 38.5 Å². The van der Waals surface area contributed by atoms with E-state index in [0.29, 0.717) is 31.9 Å². The minimum Gasteiger partial charge on any atom is -0.465 e. The Balaban J connectivity index is 1.82. The average Bonchev–Trinajstić information content (AvgIpc) is 3.03. The predicted molar refractivity (Wildman–Crippen MR) is 85.6 cm³/mol. The van der Waals surface area contributed by atoms with E-state index >= 15 is 0 Å². The molecular formula is C17H28N2O4. The highest BCUT2D eigenvalue weighted by Crippen LogP contribution is 2.28. The summed E-state index contributed by atoms with van der Waals surface area (Å²) < 4.78 is 4.80. The van der Waals surface area contributed by atoms with Gasteiger partial charge in [0.1, 0.15) is 12.6 Å². The quantitative estimate of drug-likeness (QED) is 0.754. The van der Waals surface area contributed by atoms with Crippen LogP contribution in [0.4, 0.5) is 0 Å². The fourth-order valence-electron chi connectivity index (χ4n) is 3.58. The van der Waals surface area contributed by atoms with Crippen LogP contribution >= 0.6 is 0 Å². The molecule has 1 atom stereocenters. The lowest BCUT2D eigenvalue weighted by Gasteiger charge is -2.27. The standard InChI is InChI=1S/C17H28N2O4/c1-2-23-16(21)12-18-17(22)14-9-6-10-19(14)15(20)11-13-7-4-3-5-8-13/h13-14H,2-12H2,1H3,(H,18,22). The van der Waals surface area contributed by atoms with Gasteiger partial charge in [0.15, 0.2) is 0 Å². The second-order valence-electron chi connectivity index (χ2n) is 6.48. The van der Waals surface area contributed by atoms with Gasteiger partial charge in [-0.2, -0.15) is 0 Å². The van der Waals surface area contributed by atoms with Gasteiger partial charge in [0.25, 0.3) is 0 Å². The molecule has 2 rings (SSSR count). The van der Waals surface area contributed by atoms with E-state index < -0.39 is 12.0 Å². The Morgan fingerprint density at radius 1 is 1.09 bits per heavy atom. The molecule has 2 amide bonds. The molecule has 0 radical (unpaired) electrons. The first-order chi connectivity index (χ1) is 11.1. The molecule has 1 saturated carbocycles. The van der Waals surface area contributed by atoms with Crippen LogP contribution in [0.2, 0.25) is 0 Å². The third-order valence-corrected chi connectivity index (χ3v) is 4.78. The molecule has 0 aromatic rings. The number of hydrogen-bond donors (Lipinski definition) is 1. The van der Waals surface area contributed by atoms with Gasteiger partial charge in [0.05, 0.1) is 6.61 Å². The van der Waals surface area contributed by atoms with Gasteiger partial charge in [-0.25, -0.2) is 0 Å². The minimum atomic E-state index is -0.445. The SMILES string of the molecule is CCOC(=O)CNC(=O)C1CCCN1C(=O)CC1CCCCC1. The molecule has 130 valence electrons. The zero-order valence-electron chi connectivity index (χ0n) is 14.0. The lowest BCUT2D eigenvalue weighted by atomic mass is 9.86. The number of nitrogens with one attached hydrogen (secondary N) is 1. The minimum absolute atomic E-state index is 0.0886. The second kappa shape index (κ2) is 8.89. The van der Waals surface area contributed by atoms with Gasteiger partial charge in [0.2, 0.25) is 11.8 Å². The maximum Gasteiger partial charge on any atom is 0.325 e. The molecule has 1 heterocycles. The van der Waals surface area contributed by atoms with Crippen molar-refractivity contribution in [3.05, 3.63) is 0 Å². The monoisotopic (exact) mass is 324 g/mol. The predicted octanol–water partition coefficient (Wildman–Crippen LogP) is 1.63. The molecule has 23 heavy (non-hydrogen) atoms. The van der Waals surface area contributed by atoms with Crippen molar-refractivity contribution in [1.29, 1.82) is 0 Å². The number of amides is 2. The van der Waals surface area contributed by atoms with E-state index in [1.54, 1.807) is 11.8 Å².